The van der Waals surface area contributed by atoms with Crippen LogP contribution in [0.2, 0.25) is 0 Å². The van der Waals surface area contributed by atoms with Crippen LogP contribution in [0, 0.1) is 18.3 Å². The molecule has 164 valence electrons. The number of piperidine rings is 1. The number of carbonyl (C=O) groups is 1. The van der Waals surface area contributed by atoms with Gasteiger partial charge in [0.15, 0.2) is 5.82 Å². The van der Waals surface area contributed by atoms with E-state index in [4.69, 9.17) is 9.47 Å². The van der Waals surface area contributed by atoms with Gasteiger partial charge < -0.3 is 14.4 Å². The van der Waals surface area contributed by atoms with Crippen LogP contribution in [0.5, 0.6) is 11.8 Å². The van der Waals surface area contributed by atoms with Crippen molar-refractivity contribution < 1.29 is 14.3 Å². The molecule has 3 aromatic heterocycles. The van der Waals surface area contributed by atoms with Crippen LogP contribution in [0.4, 0.5) is 0 Å². The third-order valence-corrected chi connectivity index (χ3v) is 5.55. The van der Waals surface area contributed by atoms with Gasteiger partial charge in [0.1, 0.15) is 6.10 Å². The summed E-state index contributed by atoms with van der Waals surface area (Å²) in [6, 6.07) is 7.13. The summed E-state index contributed by atoms with van der Waals surface area (Å²) >= 11 is 0. The maximum absolute atomic E-state index is 13.6. The fourth-order valence-corrected chi connectivity index (χ4v) is 3.71. The van der Waals surface area contributed by atoms with Crippen molar-refractivity contribution in [1.29, 1.82) is 5.26 Å². The number of rotatable bonds is 5. The average Bonchev–Trinajstić information content (AvgIpc) is 3.35. The highest BCUT2D eigenvalue weighted by Gasteiger charge is 2.33. The summed E-state index contributed by atoms with van der Waals surface area (Å²) in [5, 5.41) is 17.5. The number of hydrogen-bond acceptors (Lipinski definition) is 8. The van der Waals surface area contributed by atoms with Crippen molar-refractivity contribution in [2.45, 2.75) is 38.8 Å². The van der Waals surface area contributed by atoms with Gasteiger partial charge in [-0.2, -0.15) is 20.4 Å². The van der Waals surface area contributed by atoms with E-state index in [-0.39, 0.29) is 18.1 Å². The molecule has 0 spiro atoms. The van der Waals surface area contributed by atoms with Gasteiger partial charge in [-0.05, 0) is 38.8 Å². The Kier molecular flexibility index (Phi) is 5.98. The number of amides is 1. The van der Waals surface area contributed by atoms with Crippen LogP contribution in [0.25, 0.3) is 5.82 Å². The summed E-state index contributed by atoms with van der Waals surface area (Å²) in [5.74, 6) is 0.891. The number of hydrogen-bond donors (Lipinski definition) is 0. The molecule has 2 atom stereocenters. The molecule has 0 N–H and O–H groups in total. The van der Waals surface area contributed by atoms with Gasteiger partial charge in [0.05, 0.1) is 43.2 Å². The van der Waals surface area contributed by atoms with E-state index in [1.165, 1.54) is 24.3 Å². The highest BCUT2D eigenvalue weighted by Crippen LogP contribution is 2.27. The van der Waals surface area contributed by atoms with Crippen LogP contribution < -0.4 is 9.47 Å². The van der Waals surface area contributed by atoms with E-state index < -0.39 is 0 Å². The van der Waals surface area contributed by atoms with Crippen molar-refractivity contribution in [1.82, 2.24) is 29.9 Å². The quantitative estimate of drug-likeness (QED) is 0.601. The first-order valence-corrected chi connectivity index (χ1v) is 10.3. The van der Waals surface area contributed by atoms with E-state index in [0.29, 0.717) is 40.8 Å². The Morgan fingerprint density at radius 2 is 1.97 bits per heavy atom. The molecule has 0 bridgehead atoms. The molecule has 0 saturated carbocycles. The Balaban J connectivity index is 1.60. The number of aromatic nitrogens is 5. The van der Waals surface area contributed by atoms with Crippen LogP contribution in [-0.4, -0.2) is 61.6 Å². The number of nitriles is 1. The van der Waals surface area contributed by atoms with E-state index in [9.17, 15) is 10.1 Å². The first-order chi connectivity index (χ1) is 15.5. The lowest BCUT2D eigenvalue weighted by Crippen LogP contribution is -2.49. The predicted octanol–water partition coefficient (Wildman–Crippen LogP) is 2.32. The Morgan fingerprint density at radius 3 is 2.69 bits per heavy atom. The van der Waals surface area contributed by atoms with E-state index in [1.807, 2.05) is 13.8 Å². The molecule has 0 aromatic carbocycles. The van der Waals surface area contributed by atoms with Crippen LogP contribution in [-0.2, 0) is 0 Å². The minimum absolute atomic E-state index is 0.0161. The molecule has 32 heavy (non-hydrogen) atoms. The van der Waals surface area contributed by atoms with Crippen LogP contribution >= 0.6 is 0 Å². The number of likely N-dealkylation sites (tertiary alicyclic amines) is 1. The molecule has 3 aromatic rings. The second-order valence-electron chi connectivity index (χ2n) is 7.57. The third kappa shape index (κ3) is 4.09. The fourth-order valence-electron chi connectivity index (χ4n) is 3.71. The molecule has 1 aliphatic heterocycles. The summed E-state index contributed by atoms with van der Waals surface area (Å²) in [6.07, 6.45) is 5.90. The molecule has 0 unspecified atom stereocenters. The number of ether oxygens (including phenoxy) is 2. The highest BCUT2D eigenvalue weighted by molar-refractivity contribution is 5.97. The second-order valence-corrected chi connectivity index (χ2v) is 7.57. The van der Waals surface area contributed by atoms with Gasteiger partial charge in [0, 0.05) is 23.9 Å². The Hall–Kier alpha value is -4.00. The van der Waals surface area contributed by atoms with Crippen LogP contribution in [0.3, 0.4) is 0 Å². The molecule has 1 saturated heterocycles. The van der Waals surface area contributed by atoms with Gasteiger partial charge in [-0.25, -0.2) is 4.98 Å². The normalized spacial score (nSPS) is 18.1. The summed E-state index contributed by atoms with van der Waals surface area (Å²) in [4.78, 5) is 25.3. The van der Waals surface area contributed by atoms with E-state index in [1.54, 1.807) is 29.3 Å². The fraction of sp³-hybridized carbons (Fsp3) is 0.364. The summed E-state index contributed by atoms with van der Waals surface area (Å²) in [5.41, 5.74) is 1.58. The lowest BCUT2D eigenvalue weighted by Gasteiger charge is -2.38. The van der Waals surface area contributed by atoms with Crippen molar-refractivity contribution in [3.05, 3.63) is 53.5 Å². The first kappa shape index (κ1) is 21.2. The average molecular weight is 433 g/mol. The van der Waals surface area contributed by atoms with Gasteiger partial charge in [0.2, 0.25) is 11.8 Å². The van der Waals surface area contributed by atoms with Crippen molar-refractivity contribution in [2.75, 3.05) is 13.7 Å². The SMILES string of the molecule is COc1ccc(C(=O)N2C[C@H](Oc3nccc(C#N)c3C)CC[C@H]2C)c(-n2nccn2)n1. The zero-order chi connectivity index (χ0) is 22.7. The lowest BCUT2D eigenvalue weighted by molar-refractivity contribution is 0.0370. The number of nitrogens with zero attached hydrogens (tertiary/aromatic N) is 7. The minimum atomic E-state index is -0.243. The molecule has 10 heteroatoms. The Morgan fingerprint density at radius 1 is 1.19 bits per heavy atom. The van der Waals surface area contributed by atoms with Crippen LogP contribution in [0.1, 0.15) is 41.3 Å². The molecule has 4 heterocycles. The lowest BCUT2D eigenvalue weighted by atomic mass is 10.00. The topological polar surface area (TPSA) is 119 Å². The number of methoxy groups -OCH3 is 1. The smallest absolute Gasteiger partial charge is 0.258 e. The summed E-state index contributed by atoms with van der Waals surface area (Å²) in [6.45, 7) is 4.20. The standard InChI is InChI=1S/C22H23N7O3/c1-14-4-5-17(32-21-15(2)16(12-23)8-9-24-21)13-28(14)22(30)18-6-7-19(31-3)27-20(18)29-25-10-11-26-29/h6-11,14,17H,4-5,13H2,1-3H3/t14-,17-/m1/s1. The molecule has 1 aliphatic rings. The maximum Gasteiger partial charge on any atom is 0.258 e. The predicted molar refractivity (Wildman–Crippen MR) is 114 cm³/mol. The minimum Gasteiger partial charge on any atom is -0.481 e. The maximum atomic E-state index is 13.6. The van der Waals surface area contributed by atoms with E-state index >= 15 is 0 Å². The Labute approximate surface area is 185 Å². The highest BCUT2D eigenvalue weighted by atomic mass is 16.5. The summed E-state index contributed by atoms with van der Waals surface area (Å²) < 4.78 is 11.3. The van der Waals surface area contributed by atoms with Gasteiger partial charge in [-0.1, -0.05) is 0 Å². The monoisotopic (exact) mass is 433 g/mol. The third-order valence-electron chi connectivity index (χ3n) is 5.55. The molecule has 4 rings (SSSR count). The van der Waals surface area contributed by atoms with E-state index in [0.717, 1.165) is 12.8 Å². The van der Waals surface area contributed by atoms with Crippen molar-refractivity contribution in [3.63, 3.8) is 0 Å². The van der Waals surface area contributed by atoms with Crippen LogP contribution in [0.15, 0.2) is 36.8 Å². The van der Waals surface area contributed by atoms with Crippen molar-refractivity contribution in [3.8, 4) is 23.6 Å². The van der Waals surface area contributed by atoms with Gasteiger partial charge in [-0.15, -0.1) is 4.80 Å². The van der Waals surface area contributed by atoms with Gasteiger partial charge in [-0.3, -0.25) is 4.79 Å². The number of carbonyl (C=O) groups excluding carboxylic acids is 1. The van der Waals surface area contributed by atoms with Gasteiger partial charge >= 0.3 is 0 Å². The van der Waals surface area contributed by atoms with Gasteiger partial charge in [0.25, 0.3) is 5.91 Å². The largest absolute Gasteiger partial charge is 0.481 e. The summed E-state index contributed by atoms with van der Waals surface area (Å²) in [7, 11) is 1.51. The zero-order valence-corrected chi connectivity index (χ0v) is 18.1. The molecule has 0 radical (unpaired) electrons. The van der Waals surface area contributed by atoms with Crippen molar-refractivity contribution >= 4 is 5.91 Å². The molecule has 10 nitrogen and oxygen atoms in total. The van der Waals surface area contributed by atoms with E-state index in [2.05, 4.69) is 26.2 Å². The molecule has 0 aliphatic carbocycles. The second kappa shape index (κ2) is 9.01. The van der Waals surface area contributed by atoms with Crippen molar-refractivity contribution in [2.24, 2.45) is 0 Å². The molecular formula is C22H23N7O3. The zero-order valence-electron chi connectivity index (χ0n) is 18.1. The Bertz CT molecular complexity index is 1160. The number of pyridine rings is 2. The molecule has 1 fully saturated rings. The molecule has 1 amide bonds. The molecular weight excluding hydrogens is 410 g/mol. The first-order valence-electron chi connectivity index (χ1n) is 10.3.